The molecule has 0 aliphatic carbocycles. The molecule has 7 heteroatoms. The molecular weight excluding hydrogens is 264 g/mol. The normalized spacial score (nSPS) is 11.6. The van der Waals surface area contributed by atoms with Gasteiger partial charge in [-0.15, -0.1) is 0 Å². The van der Waals surface area contributed by atoms with E-state index in [1.165, 1.54) is 14.2 Å². The van der Waals surface area contributed by atoms with Crippen molar-refractivity contribution in [2.75, 3.05) is 14.2 Å². The lowest BCUT2D eigenvalue weighted by Gasteiger charge is -2.14. The van der Waals surface area contributed by atoms with E-state index in [0.29, 0.717) is 17.2 Å². The zero-order valence-corrected chi connectivity index (χ0v) is 11.9. The monoisotopic (exact) mass is 284 g/mol. The summed E-state index contributed by atoms with van der Waals surface area (Å²) in [6, 6.07) is 0. The third kappa shape index (κ3) is 7.10. The van der Waals surface area contributed by atoms with E-state index in [4.69, 9.17) is 14.6 Å². The van der Waals surface area contributed by atoms with Gasteiger partial charge in [-0.1, -0.05) is 12.7 Å². The number of nitrogens with one attached hydrogen (secondary N) is 2. The number of hydrazine groups is 1. The third-order valence-corrected chi connectivity index (χ3v) is 2.23. The minimum absolute atomic E-state index is 0.115. The van der Waals surface area contributed by atoms with Crippen molar-refractivity contribution in [2.24, 2.45) is 0 Å². The lowest BCUT2D eigenvalue weighted by Crippen LogP contribution is -2.37. The smallest absolute Gasteiger partial charge is 0.303 e. The molecule has 0 saturated heterocycles. The molecule has 112 valence electrons. The number of allylic oxidation sites excluding steroid dienone is 2. The van der Waals surface area contributed by atoms with Crippen LogP contribution in [0.25, 0.3) is 0 Å². The largest absolute Gasteiger partial charge is 0.497 e. The number of rotatable bonds is 9. The van der Waals surface area contributed by atoms with Gasteiger partial charge in [0.2, 0.25) is 5.91 Å². The van der Waals surface area contributed by atoms with Crippen molar-refractivity contribution in [1.82, 2.24) is 10.9 Å². The Balaban J connectivity index is 4.55. The molecule has 20 heavy (non-hydrogen) atoms. The molecule has 7 nitrogen and oxygen atoms in total. The van der Waals surface area contributed by atoms with Crippen LogP contribution in [0.2, 0.25) is 0 Å². The number of hydrogen-bond acceptors (Lipinski definition) is 5. The van der Waals surface area contributed by atoms with Crippen LogP contribution in [-0.2, 0) is 19.1 Å². The summed E-state index contributed by atoms with van der Waals surface area (Å²) in [5, 5.41) is 8.47. The summed E-state index contributed by atoms with van der Waals surface area (Å²) in [6.07, 6.45) is 2.88. The molecule has 0 aromatic rings. The molecule has 0 unspecified atom stereocenters. The summed E-state index contributed by atoms with van der Waals surface area (Å²) >= 11 is 0. The van der Waals surface area contributed by atoms with Gasteiger partial charge in [0.1, 0.15) is 11.5 Å². The summed E-state index contributed by atoms with van der Waals surface area (Å²) in [5.74, 6) is -0.661. The molecular formula is C13H20N2O5. The molecule has 0 atom stereocenters. The Kier molecular flexibility index (Phi) is 8.33. The zero-order valence-electron chi connectivity index (χ0n) is 11.9. The average molecular weight is 284 g/mol. The summed E-state index contributed by atoms with van der Waals surface area (Å²) in [6.45, 7) is 5.38. The van der Waals surface area contributed by atoms with Crippen molar-refractivity contribution in [3.8, 4) is 0 Å². The van der Waals surface area contributed by atoms with E-state index in [1.807, 2.05) is 0 Å². The first-order valence-electron chi connectivity index (χ1n) is 5.86. The van der Waals surface area contributed by atoms with Gasteiger partial charge >= 0.3 is 5.97 Å². The van der Waals surface area contributed by atoms with Crippen molar-refractivity contribution >= 4 is 11.9 Å². The molecule has 3 N–H and O–H groups in total. The zero-order chi connectivity index (χ0) is 15.5. The number of carbonyl (C=O) groups is 2. The van der Waals surface area contributed by atoms with Crippen molar-refractivity contribution in [1.29, 1.82) is 0 Å². The van der Waals surface area contributed by atoms with Crippen molar-refractivity contribution in [3.05, 3.63) is 35.9 Å². The first-order chi connectivity index (χ1) is 9.44. The van der Waals surface area contributed by atoms with Crippen LogP contribution >= 0.6 is 0 Å². The van der Waals surface area contributed by atoms with E-state index in [0.717, 1.165) is 0 Å². The van der Waals surface area contributed by atoms with Crippen LogP contribution in [-0.4, -0.2) is 31.2 Å². The Bertz CT molecular complexity index is 426. The van der Waals surface area contributed by atoms with Gasteiger partial charge in [-0.05, 0) is 6.92 Å². The third-order valence-electron chi connectivity index (χ3n) is 2.23. The summed E-state index contributed by atoms with van der Waals surface area (Å²) in [7, 11) is 2.94. The maximum atomic E-state index is 11.4. The van der Waals surface area contributed by atoms with Crippen LogP contribution in [0.15, 0.2) is 35.9 Å². The number of carbonyl (C=O) groups excluding carboxylic acids is 1. The van der Waals surface area contributed by atoms with Gasteiger partial charge in [0.15, 0.2) is 0 Å². The number of aliphatic carboxylic acids is 1. The fraction of sp³-hybridized carbons (Fsp3) is 0.385. The average Bonchev–Trinajstić information content (AvgIpc) is 2.43. The molecule has 0 fully saturated rings. The Morgan fingerprint density at radius 1 is 1.20 bits per heavy atom. The number of methoxy groups -OCH3 is 2. The number of amides is 1. The molecule has 1 amide bonds. The second kappa shape index (κ2) is 9.48. The minimum Gasteiger partial charge on any atom is -0.497 e. The Morgan fingerprint density at radius 3 is 2.30 bits per heavy atom. The number of carboxylic acids is 1. The van der Waals surface area contributed by atoms with Crippen molar-refractivity contribution in [3.63, 3.8) is 0 Å². The van der Waals surface area contributed by atoms with Crippen LogP contribution in [0.3, 0.4) is 0 Å². The molecule has 0 aromatic heterocycles. The highest BCUT2D eigenvalue weighted by Crippen LogP contribution is 2.10. The van der Waals surface area contributed by atoms with Gasteiger partial charge in [0.25, 0.3) is 0 Å². The highest BCUT2D eigenvalue weighted by atomic mass is 16.5. The van der Waals surface area contributed by atoms with Crippen LogP contribution in [0.1, 0.15) is 19.8 Å². The molecule has 0 radical (unpaired) electrons. The van der Waals surface area contributed by atoms with Gasteiger partial charge in [-0.25, -0.2) is 0 Å². The fourth-order valence-electron chi connectivity index (χ4n) is 1.15. The molecule has 0 saturated carbocycles. The van der Waals surface area contributed by atoms with Crippen LogP contribution in [0.4, 0.5) is 0 Å². The highest BCUT2D eigenvalue weighted by Gasteiger charge is 2.08. The number of hydrogen-bond donors (Lipinski definition) is 3. The van der Waals surface area contributed by atoms with E-state index in [9.17, 15) is 9.59 Å². The topological polar surface area (TPSA) is 96.9 Å². The van der Waals surface area contributed by atoms with Gasteiger partial charge < -0.3 is 14.6 Å². The summed E-state index contributed by atoms with van der Waals surface area (Å²) in [5.41, 5.74) is 5.53. The Labute approximate surface area is 117 Å². The quantitative estimate of drug-likeness (QED) is 0.333. The molecule has 0 aromatic carbocycles. The van der Waals surface area contributed by atoms with E-state index in [2.05, 4.69) is 17.4 Å². The van der Waals surface area contributed by atoms with E-state index in [1.54, 1.807) is 19.1 Å². The maximum absolute atomic E-state index is 11.4. The van der Waals surface area contributed by atoms with Crippen molar-refractivity contribution in [2.45, 2.75) is 19.8 Å². The molecule has 0 aliphatic rings. The van der Waals surface area contributed by atoms with Crippen LogP contribution in [0, 0.1) is 0 Å². The molecule has 0 bridgehead atoms. The minimum atomic E-state index is -1.03. The first kappa shape index (κ1) is 17.6. The fourth-order valence-corrected chi connectivity index (χ4v) is 1.15. The number of carboxylic acid groups (broad SMARTS) is 1. The predicted octanol–water partition coefficient (Wildman–Crippen LogP) is 1.07. The van der Waals surface area contributed by atoms with E-state index < -0.39 is 11.9 Å². The lowest BCUT2D eigenvalue weighted by molar-refractivity contribution is -0.138. The van der Waals surface area contributed by atoms with E-state index in [-0.39, 0.29) is 12.8 Å². The maximum Gasteiger partial charge on any atom is 0.303 e. The molecule has 0 heterocycles. The second-order valence-corrected chi connectivity index (χ2v) is 3.65. The lowest BCUT2D eigenvalue weighted by atomic mass is 10.3. The molecule has 0 rings (SSSR count). The van der Waals surface area contributed by atoms with Crippen molar-refractivity contribution < 1.29 is 24.2 Å². The highest BCUT2D eigenvalue weighted by molar-refractivity contribution is 5.80. The molecule has 0 spiro atoms. The Hall–Kier alpha value is -2.44. The summed E-state index contributed by atoms with van der Waals surface area (Å²) < 4.78 is 10.1. The van der Waals surface area contributed by atoms with Gasteiger partial charge in [0, 0.05) is 12.5 Å². The van der Waals surface area contributed by atoms with Gasteiger partial charge in [0.05, 0.1) is 26.3 Å². The second-order valence-electron chi connectivity index (χ2n) is 3.65. The first-order valence-corrected chi connectivity index (χ1v) is 5.86. The Morgan fingerprint density at radius 2 is 1.85 bits per heavy atom. The van der Waals surface area contributed by atoms with Crippen LogP contribution < -0.4 is 10.9 Å². The SMILES string of the molecule is C=C(/C=C(OC)\C(=C/C)NNC(=O)CCC(=O)O)OC. The van der Waals surface area contributed by atoms with Crippen LogP contribution in [0.5, 0.6) is 0 Å². The van der Waals surface area contributed by atoms with Gasteiger partial charge in [-0.3, -0.25) is 20.4 Å². The van der Waals surface area contributed by atoms with Gasteiger partial charge in [-0.2, -0.15) is 0 Å². The summed E-state index contributed by atoms with van der Waals surface area (Å²) in [4.78, 5) is 21.7. The standard InChI is InChI=1S/C13H20N2O5/c1-5-10(11(20-4)8-9(2)19-3)14-15-12(16)6-7-13(17)18/h5,8,14H,2,6-7H2,1,3-4H3,(H,15,16)(H,17,18)/b10-5+,11-8+. The number of ether oxygens (including phenoxy) is 2. The molecule has 0 aliphatic heterocycles. The predicted molar refractivity (Wildman–Crippen MR) is 73.1 cm³/mol. The van der Waals surface area contributed by atoms with E-state index >= 15 is 0 Å².